The first-order valence-corrected chi connectivity index (χ1v) is 6.20. The molecule has 0 saturated carbocycles. The number of hydrogen-bond acceptors (Lipinski definition) is 4. The van der Waals surface area contributed by atoms with Crippen molar-refractivity contribution < 1.29 is 24.0 Å². The third kappa shape index (κ3) is 2.94. The molecule has 2 rings (SSSR count). The summed E-state index contributed by atoms with van der Waals surface area (Å²) in [6.45, 7) is 0. The predicted molar refractivity (Wildman–Crippen MR) is 74.9 cm³/mol. The van der Waals surface area contributed by atoms with E-state index < -0.39 is 39.3 Å². The fraction of sp³-hybridized carbons (Fsp3) is 0. The van der Waals surface area contributed by atoms with Gasteiger partial charge >= 0.3 is 5.97 Å². The Hall–Kier alpha value is -2.80. The van der Waals surface area contributed by atoms with Crippen LogP contribution in [0.1, 0.15) is 26.3 Å². The summed E-state index contributed by atoms with van der Waals surface area (Å²) >= 11 is 5.64. The van der Waals surface area contributed by atoms with Gasteiger partial charge in [0.15, 0.2) is 5.78 Å². The number of nitrogens with zero attached hydrogens (tertiary/aromatic N) is 1. The molecule has 0 bridgehead atoms. The molecule has 0 unspecified atom stereocenters. The highest BCUT2D eigenvalue weighted by Crippen LogP contribution is 2.27. The minimum Gasteiger partial charge on any atom is -0.478 e. The molecule has 6 nitrogen and oxygen atoms in total. The second kappa shape index (κ2) is 5.90. The van der Waals surface area contributed by atoms with Crippen LogP contribution in [-0.4, -0.2) is 21.8 Å². The van der Waals surface area contributed by atoms with E-state index in [1.807, 2.05) is 0 Å². The van der Waals surface area contributed by atoms with Gasteiger partial charge in [-0.05, 0) is 30.3 Å². The summed E-state index contributed by atoms with van der Waals surface area (Å²) < 4.78 is 13.3. The number of halogens is 2. The summed E-state index contributed by atoms with van der Waals surface area (Å²) in [5, 5.41) is 19.7. The van der Waals surface area contributed by atoms with Crippen LogP contribution in [0.4, 0.5) is 10.1 Å². The van der Waals surface area contributed by atoms with Gasteiger partial charge in [0.1, 0.15) is 10.8 Å². The van der Waals surface area contributed by atoms with Gasteiger partial charge in [-0.3, -0.25) is 14.9 Å². The summed E-state index contributed by atoms with van der Waals surface area (Å²) in [7, 11) is 0. The molecule has 0 radical (unpaired) electrons. The van der Waals surface area contributed by atoms with Crippen molar-refractivity contribution in [3.8, 4) is 0 Å². The fourth-order valence-electron chi connectivity index (χ4n) is 1.84. The number of carbonyl (C=O) groups excluding carboxylic acids is 1. The van der Waals surface area contributed by atoms with Crippen molar-refractivity contribution in [2.24, 2.45) is 0 Å². The molecule has 0 aliphatic rings. The van der Waals surface area contributed by atoms with Crippen LogP contribution in [0.25, 0.3) is 0 Å². The number of rotatable bonds is 4. The third-order valence-electron chi connectivity index (χ3n) is 2.86. The number of ketones is 1. The van der Waals surface area contributed by atoms with Crippen molar-refractivity contribution in [3.05, 3.63) is 74.0 Å². The normalized spacial score (nSPS) is 10.3. The van der Waals surface area contributed by atoms with Gasteiger partial charge in [-0.15, -0.1) is 0 Å². The van der Waals surface area contributed by atoms with Gasteiger partial charge in [0.2, 0.25) is 0 Å². The maximum atomic E-state index is 13.3. The van der Waals surface area contributed by atoms with Crippen molar-refractivity contribution in [3.63, 3.8) is 0 Å². The van der Waals surface area contributed by atoms with Crippen molar-refractivity contribution in [2.45, 2.75) is 0 Å². The van der Waals surface area contributed by atoms with Crippen molar-refractivity contribution in [1.29, 1.82) is 0 Å². The molecule has 2 aromatic rings. The average Bonchev–Trinajstić information content (AvgIpc) is 2.46. The molecule has 22 heavy (non-hydrogen) atoms. The number of carbonyl (C=O) groups is 2. The van der Waals surface area contributed by atoms with Crippen LogP contribution in [0.3, 0.4) is 0 Å². The van der Waals surface area contributed by atoms with E-state index in [9.17, 15) is 24.1 Å². The first kappa shape index (κ1) is 15.6. The Bertz CT molecular complexity index is 806. The number of benzene rings is 2. The van der Waals surface area contributed by atoms with E-state index >= 15 is 0 Å². The Balaban J connectivity index is 2.58. The zero-order valence-corrected chi connectivity index (χ0v) is 11.5. The number of carboxylic acids is 1. The lowest BCUT2D eigenvalue weighted by molar-refractivity contribution is -0.384. The van der Waals surface area contributed by atoms with Gasteiger partial charge in [0.05, 0.1) is 10.5 Å². The van der Waals surface area contributed by atoms with Crippen molar-refractivity contribution >= 4 is 29.0 Å². The van der Waals surface area contributed by atoms with E-state index in [2.05, 4.69) is 0 Å². The van der Waals surface area contributed by atoms with Crippen LogP contribution < -0.4 is 0 Å². The van der Waals surface area contributed by atoms with Crippen LogP contribution in [0.15, 0.2) is 36.4 Å². The molecule has 0 heterocycles. The van der Waals surface area contributed by atoms with E-state index in [0.29, 0.717) is 0 Å². The summed E-state index contributed by atoms with van der Waals surface area (Å²) in [5.74, 6) is -3.06. The standard InChI is InChI=1S/C14H7ClFNO5/c15-11-4-1-7(5-12(11)17(21)22)13(18)10-6-8(16)2-3-9(10)14(19)20/h1-6H,(H,19,20). The average molecular weight is 324 g/mol. The molecule has 0 saturated heterocycles. The molecule has 1 N–H and O–H groups in total. The zero-order valence-electron chi connectivity index (χ0n) is 10.7. The second-order valence-electron chi connectivity index (χ2n) is 4.25. The Kier molecular flexibility index (Phi) is 4.18. The number of nitro benzene ring substituents is 1. The van der Waals surface area contributed by atoms with Gasteiger partial charge in [0, 0.05) is 17.2 Å². The Morgan fingerprint density at radius 2 is 1.82 bits per heavy atom. The minimum atomic E-state index is -1.41. The Labute approximate surface area is 127 Å². The molecule has 0 spiro atoms. The van der Waals surface area contributed by atoms with E-state index in [4.69, 9.17) is 16.7 Å². The summed E-state index contributed by atoms with van der Waals surface area (Å²) in [6.07, 6.45) is 0. The molecule has 0 amide bonds. The van der Waals surface area contributed by atoms with Gasteiger partial charge in [0.25, 0.3) is 5.69 Å². The molecule has 0 aliphatic carbocycles. The highest BCUT2D eigenvalue weighted by atomic mass is 35.5. The molecule has 112 valence electrons. The monoisotopic (exact) mass is 323 g/mol. The van der Waals surface area contributed by atoms with Crippen LogP contribution in [0.2, 0.25) is 5.02 Å². The lowest BCUT2D eigenvalue weighted by Gasteiger charge is -2.06. The van der Waals surface area contributed by atoms with E-state index in [0.717, 1.165) is 30.3 Å². The molecule has 0 atom stereocenters. The maximum absolute atomic E-state index is 13.3. The Morgan fingerprint density at radius 1 is 1.14 bits per heavy atom. The largest absolute Gasteiger partial charge is 0.478 e. The number of carboxylic acid groups (broad SMARTS) is 1. The lowest BCUT2D eigenvalue weighted by Crippen LogP contribution is -2.10. The first-order chi connectivity index (χ1) is 10.3. The van der Waals surface area contributed by atoms with Gasteiger partial charge < -0.3 is 5.11 Å². The maximum Gasteiger partial charge on any atom is 0.336 e. The van der Waals surface area contributed by atoms with Crippen LogP contribution in [-0.2, 0) is 0 Å². The molecule has 8 heteroatoms. The summed E-state index contributed by atoms with van der Waals surface area (Å²) in [5.41, 5.74) is -1.46. The Morgan fingerprint density at radius 3 is 2.41 bits per heavy atom. The highest BCUT2D eigenvalue weighted by Gasteiger charge is 2.22. The molecule has 2 aromatic carbocycles. The highest BCUT2D eigenvalue weighted by molar-refractivity contribution is 6.32. The third-order valence-corrected chi connectivity index (χ3v) is 3.18. The van der Waals surface area contributed by atoms with Crippen molar-refractivity contribution in [2.75, 3.05) is 0 Å². The quantitative estimate of drug-likeness (QED) is 0.529. The summed E-state index contributed by atoms with van der Waals surface area (Å²) in [4.78, 5) is 33.5. The van der Waals surface area contributed by atoms with Gasteiger partial charge in [-0.1, -0.05) is 11.6 Å². The van der Waals surface area contributed by atoms with E-state index in [1.165, 1.54) is 6.07 Å². The first-order valence-electron chi connectivity index (χ1n) is 5.82. The van der Waals surface area contributed by atoms with Crippen LogP contribution in [0, 0.1) is 15.9 Å². The zero-order chi connectivity index (χ0) is 16.4. The smallest absolute Gasteiger partial charge is 0.336 e. The predicted octanol–water partition coefficient (Wildman–Crippen LogP) is 3.32. The second-order valence-corrected chi connectivity index (χ2v) is 4.65. The molecular weight excluding hydrogens is 317 g/mol. The van der Waals surface area contributed by atoms with Crippen LogP contribution >= 0.6 is 11.6 Å². The fourth-order valence-corrected chi connectivity index (χ4v) is 2.03. The molecule has 0 aromatic heterocycles. The number of nitro groups is 1. The molecule has 0 aliphatic heterocycles. The van der Waals surface area contributed by atoms with Gasteiger partial charge in [-0.25, -0.2) is 9.18 Å². The number of aromatic carboxylic acids is 1. The number of hydrogen-bond donors (Lipinski definition) is 1. The molecular formula is C14H7ClFNO5. The van der Waals surface area contributed by atoms with Crippen LogP contribution in [0.5, 0.6) is 0 Å². The van der Waals surface area contributed by atoms with Crippen molar-refractivity contribution in [1.82, 2.24) is 0 Å². The minimum absolute atomic E-state index is 0.163. The molecule has 0 fully saturated rings. The summed E-state index contributed by atoms with van der Waals surface area (Å²) in [6, 6.07) is 5.90. The SMILES string of the molecule is O=C(O)c1ccc(F)cc1C(=O)c1ccc(Cl)c([N+](=O)[O-])c1. The lowest BCUT2D eigenvalue weighted by atomic mass is 9.98. The van der Waals surface area contributed by atoms with E-state index in [1.54, 1.807) is 0 Å². The van der Waals surface area contributed by atoms with Gasteiger partial charge in [-0.2, -0.15) is 0 Å². The van der Waals surface area contributed by atoms with E-state index in [-0.39, 0.29) is 10.6 Å². The topological polar surface area (TPSA) is 97.5 Å².